The van der Waals surface area contributed by atoms with E-state index in [4.69, 9.17) is 0 Å². The molecular formula is C22H30N4O2+2. The number of carbonyl (C=O) groups excluding carboxylic acids is 2. The fourth-order valence-corrected chi connectivity index (χ4v) is 3.63. The largest absolute Gasteiger partial charge is 0.341 e. The molecule has 148 valence electrons. The number of quaternary nitrogens is 2. The van der Waals surface area contributed by atoms with E-state index in [1.54, 1.807) is 12.1 Å². The highest BCUT2D eigenvalue weighted by Gasteiger charge is 2.30. The third-order valence-electron chi connectivity index (χ3n) is 5.42. The SMILES string of the molecule is Cc1ccc([C@@H](CNC(=O)C(=O)Nc2ccccc2)[NH+]2CC[NH+](C)CC2)cc1. The molecule has 1 saturated heterocycles. The van der Waals surface area contributed by atoms with Gasteiger partial charge in [0.05, 0.1) is 13.6 Å². The maximum absolute atomic E-state index is 12.3. The first kappa shape index (κ1) is 20.0. The predicted molar refractivity (Wildman–Crippen MR) is 109 cm³/mol. The van der Waals surface area contributed by atoms with Gasteiger partial charge in [0.1, 0.15) is 32.2 Å². The van der Waals surface area contributed by atoms with Crippen LogP contribution in [0.4, 0.5) is 5.69 Å². The second-order valence-electron chi connectivity index (χ2n) is 7.61. The van der Waals surface area contributed by atoms with E-state index in [1.165, 1.54) is 20.9 Å². The summed E-state index contributed by atoms with van der Waals surface area (Å²) < 4.78 is 0. The van der Waals surface area contributed by atoms with Gasteiger partial charge in [-0.3, -0.25) is 9.59 Å². The molecule has 0 aliphatic carbocycles. The minimum atomic E-state index is -0.633. The molecule has 2 aromatic rings. The number of hydrogen-bond donors (Lipinski definition) is 4. The summed E-state index contributed by atoms with van der Waals surface area (Å²) in [5.41, 5.74) is 3.03. The molecular weight excluding hydrogens is 352 g/mol. The van der Waals surface area contributed by atoms with Gasteiger partial charge in [0.15, 0.2) is 0 Å². The first-order chi connectivity index (χ1) is 13.5. The summed E-state index contributed by atoms with van der Waals surface area (Å²) in [6, 6.07) is 17.6. The van der Waals surface area contributed by atoms with E-state index in [0.717, 1.165) is 26.2 Å². The molecule has 1 heterocycles. The number of amides is 2. The summed E-state index contributed by atoms with van der Waals surface area (Å²) in [4.78, 5) is 27.5. The lowest BCUT2D eigenvalue weighted by atomic mass is 10.0. The molecule has 1 fully saturated rings. The average molecular weight is 383 g/mol. The Labute approximate surface area is 166 Å². The average Bonchev–Trinajstić information content (AvgIpc) is 2.71. The van der Waals surface area contributed by atoms with Crippen molar-refractivity contribution in [2.24, 2.45) is 0 Å². The molecule has 1 atom stereocenters. The Morgan fingerprint density at radius 1 is 0.929 bits per heavy atom. The molecule has 3 rings (SSSR count). The van der Waals surface area contributed by atoms with Crippen LogP contribution in [0.2, 0.25) is 0 Å². The Morgan fingerprint density at radius 2 is 1.57 bits per heavy atom. The highest BCUT2D eigenvalue weighted by atomic mass is 16.2. The molecule has 2 aromatic carbocycles. The van der Waals surface area contributed by atoms with E-state index in [-0.39, 0.29) is 6.04 Å². The molecule has 6 heteroatoms. The lowest BCUT2D eigenvalue weighted by Crippen LogP contribution is -3.27. The molecule has 28 heavy (non-hydrogen) atoms. The van der Waals surface area contributed by atoms with Crippen LogP contribution in [0, 0.1) is 6.92 Å². The zero-order valence-corrected chi connectivity index (χ0v) is 16.6. The van der Waals surface area contributed by atoms with Crippen molar-refractivity contribution in [3.05, 3.63) is 65.7 Å². The summed E-state index contributed by atoms with van der Waals surface area (Å²) in [5, 5.41) is 5.48. The van der Waals surface area contributed by atoms with Crippen molar-refractivity contribution >= 4 is 17.5 Å². The van der Waals surface area contributed by atoms with E-state index >= 15 is 0 Å². The second-order valence-corrected chi connectivity index (χ2v) is 7.61. The Bertz CT molecular complexity index is 784. The van der Waals surface area contributed by atoms with Crippen molar-refractivity contribution in [3.8, 4) is 0 Å². The monoisotopic (exact) mass is 382 g/mol. The summed E-state index contributed by atoms with van der Waals surface area (Å²) in [5.74, 6) is -1.23. The van der Waals surface area contributed by atoms with Crippen molar-refractivity contribution in [1.82, 2.24) is 5.32 Å². The molecule has 0 aromatic heterocycles. The Morgan fingerprint density at radius 3 is 2.21 bits per heavy atom. The van der Waals surface area contributed by atoms with Crippen molar-refractivity contribution in [3.63, 3.8) is 0 Å². The van der Waals surface area contributed by atoms with Crippen molar-refractivity contribution in [1.29, 1.82) is 0 Å². The molecule has 0 bridgehead atoms. The number of para-hydroxylation sites is 1. The maximum Gasteiger partial charge on any atom is 0.313 e. The summed E-state index contributed by atoms with van der Waals surface area (Å²) in [6.07, 6.45) is 0. The van der Waals surface area contributed by atoms with Gasteiger partial charge in [-0.1, -0.05) is 48.0 Å². The van der Waals surface area contributed by atoms with Crippen LogP contribution in [0.1, 0.15) is 17.2 Å². The molecule has 4 N–H and O–H groups in total. The fourth-order valence-electron chi connectivity index (χ4n) is 3.63. The number of rotatable bonds is 5. The van der Waals surface area contributed by atoms with Crippen LogP contribution in [0.3, 0.4) is 0 Å². The van der Waals surface area contributed by atoms with Gasteiger partial charge >= 0.3 is 11.8 Å². The molecule has 0 radical (unpaired) electrons. The van der Waals surface area contributed by atoms with Crippen LogP contribution in [-0.4, -0.2) is 51.6 Å². The number of anilines is 1. The summed E-state index contributed by atoms with van der Waals surface area (Å²) >= 11 is 0. The second kappa shape index (κ2) is 9.48. The molecule has 2 amide bonds. The van der Waals surface area contributed by atoms with Gasteiger partial charge in [0.2, 0.25) is 0 Å². The number of hydrogen-bond acceptors (Lipinski definition) is 2. The molecule has 6 nitrogen and oxygen atoms in total. The van der Waals surface area contributed by atoms with Gasteiger partial charge in [-0.25, -0.2) is 0 Å². The third kappa shape index (κ3) is 5.41. The van der Waals surface area contributed by atoms with E-state index in [9.17, 15) is 9.59 Å². The third-order valence-corrected chi connectivity index (χ3v) is 5.42. The number of carbonyl (C=O) groups is 2. The topological polar surface area (TPSA) is 67.1 Å². The van der Waals surface area contributed by atoms with Crippen molar-refractivity contribution in [2.75, 3.05) is 45.1 Å². The van der Waals surface area contributed by atoms with E-state index in [1.807, 2.05) is 18.2 Å². The van der Waals surface area contributed by atoms with Crippen LogP contribution in [0.5, 0.6) is 0 Å². The first-order valence-electron chi connectivity index (χ1n) is 9.89. The zero-order valence-electron chi connectivity index (χ0n) is 16.6. The quantitative estimate of drug-likeness (QED) is 0.512. The van der Waals surface area contributed by atoms with E-state index < -0.39 is 11.8 Å². The van der Waals surface area contributed by atoms with Crippen LogP contribution >= 0.6 is 0 Å². The van der Waals surface area contributed by atoms with Crippen LogP contribution in [-0.2, 0) is 9.59 Å². The Hall–Kier alpha value is -2.70. The summed E-state index contributed by atoms with van der Waals surface area (Å²) in [6.45, 7) is 6.84. The number of piperazine rings is 1. The highest BCUT2D eigenvalue weighted by Crippen LogP contribution is 2.11. The molecule has 1 aliphatic rings. The summed E-state index contributed by atoms with van der Waals surface area (Å²) in [7, 11) is 2.22. The minimum Gasteiger partial charge on any atom is -0.341 e. The van der Waals surface area contributed by atoms with Crippen LogP contribution < -0.4 is 20.4 Å². The maximum atomic E-state index is 12.3. The Balaban J connectivity index is 1.64. The van der Waals surface area contributed by atoms with Gasteiger partial charge in [0.25, 0.3) is 0 Å². The number of likely N-dealkylation sites (N-methyl/N-ethyl adjacent to an activating group) is 1. The number of nitrogens with one attached hydrogen (secondary N) is 4. The Kier molecular flexibility index (Phi) is 6.79. The van der Waals surface area contributed by atoms with Gasteiger partial charge in [-0.05, 0) is 19.1 Å². The van der Waals surface area contributed by atoms with Crippen molar-refractivity contribution < 1.29 is 19.4 Å². The lowest BCUT2D eigenvalue weighted by Gasteiger charge is -2.33. The normalized spacial score (nSPS) is 20.2. The van der Waals surface area contributed by atoms with E-state index in [2.05, 4.69) is 48.9 Å². The lowest BCUT2D eigenvalue weighted by molar-refractivity contribution is -1.02. The molecule has 0 saturated carbocycles. The first-order valence-corrected chi connectivity index (χ1v) is 9.89. The van der Waals surface area contributed by atoms with Gasteiger partial charge < -0.3 is 20.4 Å². The van der Waals surface area contributed by atoms with Crippen LogP contribution in [0.15, 0.2) is 54.6 Å². The van der Waals surface area contributed by atoms with Gasteiger partial charge in [-0.15, -0.1) is 0 Å². The smallest absolute Gasteiger partial charge is 0.313 e. The minimum absolute atomic E-state index is 0.141. The van der Waals surface area contributed by atoms with Crippen LogP contribution in [0.25, 0.3) is 0 Å². The molecule has 0 unspecified atom stereocenters. The number of benzene rings is 2. The van der Waals surface area contributed by atoms with Crippen molar-refractivity contribution in [2.45, 2.75) is 13.0 Å². The highest BCUT2D eigenvalue weighted by molar-refractivity contribution is 6.39. The standard InChI is InChI=1S/C22H28N4O2/c1-17-8-10-18(11-9-17)20(26-14-12-25(2)13-15-26)16-23-21(27)22(28)24-19-6-4-3-5-7-19/h3-11,20H,12-16H2,1-2H3,(H,23,27)(H,24,28)/p+2/t20-/m1/s1. The predicted octanol–water partition coefficient (Wildman–Crippen LogP) is -0.796. The molecule has 1 aliphatic heterocycles. The zero-order chi connectivity index (χ0) is 19.9. The number of aryl methyl sites for hydroxylation is 1. The fraction of sp³-hybridized carbons (Fsp3) is 0.364. The van der Waals surface area contributed by atoms with Gasteiger partial charge in [-0.2, -0.15) is 0 Å². The van der Waals surface area contributed by atoms with E-state index in [0.29, 0.717) is 12.2 Å². The van der Waals surface area contributed by atoms with Gasteiger partial charge in [0, 0.05) is 11.3 Å². The molecule has 0 spiro atoms.